The van der Waals surface area contributed by atoms with Gasteiger partial charge in [0.1, 0.15) is 12.4 Å². The van der Waals surface area contributed by atoms with Gasteiger partial charge in [-0.1, -0.05) is 44.2 Å². The van der Waals surface area contributed by atoms with Crippen LogP contribution in [0, 0.1) is 6.92 Å². The molecule has 114 valence electrons. The monoisotopic (exact) mass is 304 g/mol. The maximum absolute atomic E-state index is 5.92. The van der Waals surface area contributed by atoms with E-state index in [9.17, 15) is 0 Å². The molecule has 0 unspecified atom stereocenters. The van der Waals surface area contributed by atoms with Crippen molar-refractivity contribution in [3.05, 3.63) is 40.4 Å². The molecule has 0 saturated carbocycles. The number of benzene rings is 1. The number of hydrogen-bond acceptors (Lipinski definition) is 4. The number of nitrogens with zero attached hydrogens (tertiary/aromatic N) is 1. The smallest absolute Gasteiger partial charge is 0.182 e. The molecule has 4 heteroatoms. The van der Waals surface area contributed by atoms with Gasteiger partial charge in [0.05, 0.1) is 4.88 Å². The quantitative estimate of drug-likeness (QED) is 0.864. The first kappa shape index (κ1) is 15.8. The highest BCUT2D eigenvalue weighted by atomic mass is 32.1. The van der Waals surface area contributed by atoms with Crippen molar-refractivity contribution in [1.29, 1.82) is 0 Å². The molecule has 0 radical (unpaired) electrons. The van der Waals surface area contributed by atoms with Gasteiger partial charge in [-0.15, -0.1) is 0 Å². The standard InChI is InChI=1S/C17H24N2OS/c1-6-18-16-19-10-14(21-16)11-20-15-8-7-13(9-12(15)2)17(3,4)5/h7-10H,6,11H2,1-5H3,(H,18,19). The lowest BCUT2D eigenvalue weighted by atomic mass is 9.86. The van der Waals surface area contributed by atoms with E-state index >= 15 is 0 Å². The zero-order valence-corrected chi connectivity index (χ0v) is 14.3. The van der Waals surface area contributed by atoms with Crippen LogP contribution in [0.1, 0.15) is 43.7 Å². The summed E-state index contributed by atoms with van der Waals surface area (Å²) in [6.07, 6.45) is 1.88. The molecular weight excluding hydrogens is 280 g/mol. The summed E-state index contributed by atoms with van der Waals surface area (Å²) >= 11 is 1.64. The van der Waals surface area contributed by atoms with Gasteiger partial charge < -0.3 is 10.1 Å². The summed E-state index contributed by atoms with van der Waals surface area (Å²) in [5.41, 5.74) is 2.68. The SMILES string of the molecule is CCNc1ncc(COc2ccc(C(C)(C)C)cc2C)s1. The summed E-state index contributed by atoms with van der Waals surface area (Å²) in [5.74, 6) is 0.946. The second-order valence-electron chi connectivity index (χ2n) is 6.18. The Bertz CT molecular complexity index is 599. The fraction of sp³-hybridized carbons (Fsp3) is 0.471. The fourth-order valence-electron chi connectivity index (χ4n) is 2.03. The Morgan fingerprint density at radius 3 is 2.67 bits per heavy atom. The zero-order valence-electron chi connectivity index (χ0n) is 13.5. The van der Waals surface area contributed by atoms with Crippen LogP contribution in [-0.2, 0) is 12.0 Å². The first-order valence-corrected chi connectivity index (χ1v) is 8.14. The van der Waals surface area contributed by atoms with E-state index < -0.39 is 0 Å². The molecule has 1 heterocycles. The van der Waals surface area contributed by atoms with E-state index in [4.69, 9.17) is 4.74 Å². The number of rotatable bonds is 5. The van der Waals surface area contributed by atoms with Crippen molar-refractivity contribution < 1.29 is 4.74 Å². The molecule has 1 N–H and O–H groups in total. The van der Waals surface area contributed by atoms with Crippen molar-refractivity contribution in [2.75, 3.05) is 11.9 Å². The first-order chi connectivity index (χ1) is 9.90. The lowest BCUT2D eigenvalue weighted by Gasteiger charge is -2.20. The molecule has 0 aliphatic heterocycles. The van der Waals surface area contributed by atoms with Crippen LogP contribution >= 0.6 is 11.3 Å². The minimum Gasteiger partial charge on any atom is -0.488 e. The molecule has 1 aromatic heterocycles. The van der Waals surface area contributed by atoms with Crippen LogP contribution in [0.5, 0.6) is 5.75 Å². The normalized spacial score (nSPS) is 11.5. The number of hydrogen-bond donors (Lipinski definition) is 1. The van der Waals surface area contributed by atoms with Gasteiger partial charge in [-0.05, 0) is 36.5 Å². The van der Waals surface area contributed by atoms with E-state index in [2.05, 4.69) is 63.1 Å². The molecule has 0 aliphatic rings. The molecule has 0 fully saturated rings. The Balaban J connectivity index is 2.02. The molecule has 2 aromatic rings. The van der Waals surface area contributed by atoms with E-state index in [-0.39, 0.29) is 5.41 Å². The Hall–Kier alpha value is -1.55. The predicted molar refractivity (Wildman–Crippen MR) is 90.5 cm³/mol. The second-order valence-corrected chi connectivity index (χ2v) is 7.30. The van der Waals surface area contributed by atoms with Gasteiger partial charge >= 0.3 is 0 Å². The van der Waals surface area contributed by atoms with Gasteiger partial charge in [0.2, 0.25) is 0 Å². The van der Waals surface area contributed by atoms with Crippen LogP contribution in [-0.4, -0.2) is 11.5 Å². The Morgan fingerprint density at radius 2 is 2.05 bits per heavy atom. The summed E-state index contributed by atoms with van der Waals surface area (Å²) in [4.78, 5) is 5.44. The maximum Gasteiger partial charge on any atom is 0.182 e. The third-order valence-corrected chi connectivity index (χ3v) is 4.22. The summed E-state index contributed by atoms with van der Waals surface area (Å²) < 4.78 is 5.92. The largest absolute Gasteiger partial charge is 0.488 e. The Kier molecular flexibility index (Phi) is 4.88. The third-order valence-electron chi connectivity index (χ3n) is 3.29. The van der Waals surface area contributed by atoms with E-state index in [0.29, 0.717) is 6.61 Å². The first-order valence-electron chi connectivity index (χ1n) is 7.32. The van der Waals surface area contributed by atoms with E-state index in [1.54, 1.807) is 11.3 Å². The van der Waals surface area contributed by atoms with Gasteiger partial charge in [-0.25, -0.2) is 4.98 Å². The molecule has 0 atom stereocenters. The van der Waals surface area contributed by atoms with E-state index in [1.807, 2.05) is 6.20 Å². The highest BCUT2D eigenvalue weighted by molar-refractivity contribution is 7.15. The summed E-state index contributed by atoms with van der Waals surface area (Å²) in [7, 11) is 0. The van der Waals surface area contributed by atoms with Crippen LogP contribution in [0.4, 0.5) is 5.13 Å². The summed E-state index contributed by atoms with van der Waals surface area (Å²) in [5, 5.41) is 4.17. The minimum atomic E-state index is 0.168. The highest BCUT2D eigenvalue weighted by Crippen LogP contribution is 2.28. The van der Waals surface area contributed by atoms with Gasteiger partial charge in [0.25, 0.3) is 0 Å². The topological polar surface area (TPSA) is 34.2 Å². The van der Waals surface area contributed by atoms with Crippen LogP contribution in [0.25, 0.3) is 0 Å². The average Bonchev–Trinajstić information content (AvgIpc) is 2.84. The van der Waals surface area contributed by atoms with E-state index in [0.717, 1.165) is 22.3 Å². The fourth-order valence-corrected chi connectivity index (χ4v) is 2.83. The molecule has 0 aliphatic carbocycles. The van der Waals surface area contributed by atoms with Gasteiger partial charge in [-0.3, -0.25) is 0 Å². The number of aryl methyl sites for hydroxylation is 1. The van der Waals surface area contributed by atoms with E-state index in [1.165, 1.54) is 11.1 Å². The predicted octanol–water partition coefficient (Wildman–Crippen LogP) is 4.76. The third kappa shape index (κ3) is 4.21. The highest BCUT2D eigenvalue weighted by Gasteiger charge is 2.14. The molecule has 0 bridgehead atoms. The van der Waals surface area contributed by atoms with Gasteiger partial charge in [0.15, 0.2) is 5.13 Å². The lowest BCUT2D eigenvalue weighted by molar-refractivity contribution is 0.307. The molecule has 2 rings (SSSR count). The Morgan fingerprint density at radius 1 is 1.29 bits per heavy atom. The van der Waals surface area contributed by atoms with Crippen LogP contribution in [0.3, 0.4) is 0 Å². The average molecular weight is 304 g/mol. The van der Waals surface area contributed by atoms with Gasteiger partial charge in [0, 0.05) is 12.7 Å². The molecule has 21 heavy (non-hydrogen) atoms. The van der Waals surface area contributed by atoms with Crippen molar-refractivity contribution in [3.63, 3.8) is 0 Å². The molecule has 0 spiro atoms. The molecular formula is C17H24N2OS. The van der Waals surface area contributed by atoms with Crippen molar-refractivity contribution in [3.8, 4) is 5.75 Å². The van der Waals surface area contributed by atoms with Crippen LogP contribution in [0.2, 0.25) is 0 Å². The summed E-state index contributed by atoms with van der Waals surface area (Å²) in [6.45, 7) is 12.3. The number of aromatic nitrogens is 1. The van der Waals surface area contributed by atoms with Gasteiger partial charge in [-0.2, -0.15) is 0 Å². The molecule has 1 aromatic carbocycles. The van der Waals surface area contributed by atoms with Crippen molar-refractivity contribution in [2.45, 2.75) is 46.6 Å². The minimum absolute atomic E-state index is 0.168. The number of nitrogens with one attached hydrogen (secondary N) is 1. The molecule has 0 saturated heterocycles. The number of thiazole rings is 1. The summed E-state index contributed by atoms with van der Waals surface area (Å²) in [6, 6.07) is 6.44. The van der Waals surface area contributed by atoms with Crippen molar-refractivity contribution in [2.24, 2.45) is 0 Å². The number of ether oxygens (including phenoxy) is 1. The lowest BCUT2D eigenvalue weighted by Crippen LogP contribution is -2.11. The second kappa shape index (κ2) is 6.48. The van der Waals surface area contributed by atoms with Crippen LogP contribution < -0.4 is 10.1 Å². The zero-order chi connectivity index (χ0) is 15.5. The van der Waals surface area contributed by atoms with Crippen LogP contribution in [0.15, 0.2) is 24.4 Å². The molecule has 3 nitrogen and oxygen atoms in total. The van der Waals surface area contributed by atoms with Crippen molar-refractivity contribution in [1.82, 2.24) is 4.98 Å². The van der Waals surface area contributed by atoms with Crippen molar-refractivity contribution >= 4 is 16.5 Å². The molecule has 0 amide bonds. The maximum atomic E-state index is 5.92. The number of anilines is 1. The Labute approximate surface area is 131 Å².